The molecule has 5 heteroatoms. The molecule has 0 bridgehead atoms. The maximum Gasteiger partial charge on any atom is 0.297 e. The molecule has 1 atom stereocenters. The van der Waals surface area contributed by atoms with E-state index in [9.17, 15) is 0 Å². The van der Waals surface area contributed by atoms with Crippen LogP contribution in [0.1, 0.15) is 12.2 Å². The minimum atomic E-state index is -0.651. The van der Waals surface area contributed by atoms with Crippen LogP contribution in [0.4, 0.5) is 6.01 Å². The predicted molar refractivity (Wildman–Crippen MR) is 63.5 cm³/mol. The van der Waals surface area contributed by atoms with Crippen molar-refractivity contribution in [1.29, 1.82) is 0 Å². The molecule has 92 valence electrons. The van der Waals surface area contributed by atoms with Gasteiger partial charge in [0.25, 0.3) is 6.01 Å². The molecular weight excluding hydrogens is 220 g/mol. The lowest BCUT2D eigenvalue weighted by molar-refractivity contribution is -0.0954. The van der Waals surface area contributed by atoms with Crippen LogP contribution in [-0.2, 0) is 9.47 Å². The van der Waals surface area contributed by atoms with Crippen molar-refractivity contribution in [1.82, 2.24) is 4.98 Å². The van der Waals surface area contributed by atoms with Gasteiger partial charge in [0.1, 0.15) is 12.6 Å². The minimum absolute atomic E-state index is 0.199. The molecule has 2 rings (SSSR count). The average molecular weight is 236 g/mol. The molecule has 17 heavy (non-hydrogen) atoms. The van der Waals surface area contributed by atoms with Crippen LogP contribution in [0.3, 0.4) is 0 Å². The number of aromatic nitrogens is 1. The predicted octanol–water partition coefficient (Wildman–Crippen LogP) is 2.23. The van der Waals surface area contributed by atoms with Crippen LogP contribution in [0.5, 0.6) is 0 Å². The van der Waals surface area contributed by atoms with Crippen molar-refractivity contribution in [2.75, 3.05) is 19.2 Å². The van der Waals surface area contributed by atoms with E-state index in [2.05, 4.69) is 10.3 Å². The molecule has 1 N–H and O–H groups in total. The fraction of sp³-hybridized carbons (Fsp3) is 0.417. The smallest absolute Gasteiger partial charge is 0.297 e. The Morgan fingerprint density at radius 2 is 2.41 bits per heavy atom. The first kappa shape index (κ1) is 11.9. The highest BCUT2D eigenvalue weighted by Gasteiger charge is 2.29. The Balaban J connectivity index is 2.10. The quantitative estimate of drug-likeness (QED) is 0.794. The van der Waals surface area contributed by atoms with Crippen LogP contribution in [0.25, 0.3) is 0 Å². The van der Waals surface area contributed by atoms with Crippen molar-refractivity contribution in [3.05, 3.63) is 36.3 Å². The molecule has 0 aromatic carbocycles. The van der Waals surface area contributed by atoms with Crippen molar-refractivity contribution >= 4 is 6.01 Å². The SMILES string of the molecule is COCOC1(Nc2ncc(C)o2)C=CC=CC1. The number of hydrogen-bond donors (Lipinski definition) is 1. The van der Waals surface area contributed by atoms with Gasteiger partial charge in [-0.05, 0) is 13.0 Å². The summed E-state index contributed by atoms with van der Waals surface area (Å²) in [7, 11) is 1.59. The van der Waals surface area contributed by atoms with E-state index in [0.29, 0.717) is 12.4 Å². The molecule has 1 unspecified atom stereocenters. The fourth-order valence-corrected chi connectivity index (χ4v) is 1.59. The molecule has 0 saturated heterocycles. The minimum Gasteiger partial charge on any atom is -0.429 e. The number of aryl methyl sites for hydroxylation is 1. The van der Waals surface area contributed by atoms with E-state index >= 15 is 0 Å². The van der Waals surface area contributed by atoms with Crippen LogP contribution in [0, 0.1) is 6.92 Å². The molecule has 1 aliphatic carbocycles. The van der Waals surface area contributed by atoms with E-state index in [1.165, 1.54) is 0 Å². The zero-order chi connectivity index (χ0) is 12.1. The van der Waals surface area contributed by atoms with Crippen molar-refractivity contribution in [3.63, 3.8) is 0 Å². The lowest BCUT2D eigenvalue weighted by atomic mass is 10.1. The Hall–Kier alpha value is -1.59. The van der Waals surface area contributed by atoms with Gasteiger partial charge in [0.05, 0.1) is 6.20 Å². The summed E-state index contributed by atoms with van der Waals surface area (Å²) in [6.45, 7) is 2.04. The number of allylic oxidation sites excluding steroid dienone is 2. The Kier molecular flexibility index (Phi) is 3.61. The van der Waals surface area contributed by atoms with Crippen molar-refractivity contribution in [3.8, 4) is 0 Å². The highest BCUT2D eigenvalue weighted by atomic mass is 16.7. The number of ether oxygens (including phenoxy) is 2. The molecule has 1 heterocycles. The molecule has 0 radical (unpaired) electrons. The Morgan fingerprint density at radius 1 is 1.53 bits per heavy atom. The number of nitrogens with zero attached hydrogens (tertiary/aromatic N) is 1. The molecule has 0 saturated carbocycles. The number of nitrogens with one attached hydrogen (secondary N) is 1. The van der Waals surface area contributed by atoms with Crippen molar-refractivity contribution in [2.45, 2.75) is 19.1 Å². The van der Waals surface area contributed by atoms with E-state index < -0.39 is 5.72 Å². The fourth-order valence-electron chi connectivity index (χ4n) is 1.59. The molecule has 1 aromatic heterocycles. The van der Waals surface area contributed by atoms with Crippen LogP contribution in [0.15, 0.2) is 34.9 Å². The highest BCUT2D eigenvalue weighted by Crippen LogP contribution is 2.24. The van der Waals surface area contributed by atoms with E-state index in [1.54, 1.807) is 13.3 Å². The first-order chi connectivity index (χ1) is 8.24. The molecule has 0 spiro atoms. The normalized spacial score (nSPS) is 22.9. The van der Waals surface area contributed by atoms with Gasteiger partial charge in [0, 0.05) is 13.5 Å². The van der Waals surface area contributed by atoms with Gasteiger partial charge < -0.3 is 19.2 Å². The Labute approximate surface area is 100 Å². The van der Waals surface area contributed by atoms with Gasteiger partial charge in [0.2, 0.25) is 0 Å². The zero-order valence-electron chi connectivity index (χ0n) is 9.97. The number of methoxy groups -OCH3 is 1. The van der Waals surface area contributed by atoms with Crippen LogP contribution in [-0.4, -0.2) is 24.6 Å². The van der Waals surface area contributed by atoms with E-state index in [-0.39, 0.29) is 6.79 Å². The second-order valence-corrected chi connectivity index (χ2v) is 3.83. The highest BCUT2D eigenvalue weighted by molar-refractivity contribution is 5.32. The zero-order valence-corrected chi connectivity index (χ0v) is 9.97. The van der Waals surface area contributed by atoms with Gasteiger partial charge in [-0.3, -0.25) is 0 Å². The number of rotatable bonds is 5. The summed E-state index contributed by atoms with van der Waals surface area (Å²) in [5.74, 6) is 0.754. The second kappa shape index (κ2) is 5.16. The number of anilines is 1. The van der Waals surface area contributed by atoms with Crippen LogP contribution in [0.2, 0.25) is 0 Å². The first-order valence-electron chi connectivity index (χ1n) is 5.42. The summed E-state index contributed by atoms with van der Waals surface area (Å²) in [5, 5.41) is 3.13. The Bertz CT molecular complexity index is 425. The summed E-state index contributed by atoms with van der Waals surface area (Å²) in [5.41, 5.74) is -0.651. The van der Waals surface area contributed by atoms with E-state index in [1.807, 2.05) is 31.2 Å². The van der Waals surface area contributed by atoms with Gasteiger partial charge in [0.15, 0.2) is 5.72 Å². The van der Waals surface area contributed by atoms with E-state index in [0.717, 1.165) is 5.76 Å². The van der Waals surface area contributed by atoms with Crippen molar-refractivity contribution in [2.24, 2.45) is 0 Å². The summed E-state index contributed by atoms with van der Waals surface area (Å²) in [6, 6.07) is 0.443. The molecule has 1 aromatic rings. The molecule has 5 nitrogen and oxygen atoms in total. The van der Waals surface area contributed by atoms with Crippen molar-refractivity contribution < 1.29 is 13.9 Å². The molecule has 0 aliphatic heterocycles. The largest absolute Gasteiger partial charge is 0.429 e. The third-order valence-electron chi connectivity index (χ3n) is 2.41. The number of hydrogen-bond acceptors (Lipinski definition) is 5. The van der Waals surface area contributed by atoms with Gasteiger partial charge >= 0.3 is 0 Å². The lowest BCUT2D eigenvalue weighted by Crippen LogP contribution is -2.40. The standard InChI is InChI=1S/C12H16N2O3/c1-10-8-13-11(17-10)14-12(16-9-15-2)6-4-3-5-7-12/h3-6,8H,7,9H2,1-2H3,(H,13,14). The molecule has 0 fully saturated rings. The molecule has 1 aliphatic rings. The third-order valence-corrected chi connectivity index (χ3v) is 2.41. The Morgan fingerprint density at radius 3 is 3.00 bits per heavy atom. The maximum atomic E-state index is 5.66. The number of oxazole rings is 1. The van der Waals surface area contributed by atoms with Gasteiger partial charge in [-0.1, -0.05) is 18.2 Å². The van der Waals surface area contributed by atoms with Gasteiger partial charge in [-0.15, -0.1) is 0 Å². The first-order valence-corrected chi connectivity index (χ1v) is 5.42. The maximum absolute atomic E-state index is 5.66. The summed E-state index contributed by atoms with van der Waals surface area (Å²) in [6.07, 6.45) is 10.2. The summed E-state index contributed by atoms with van der Waals surface area (Å²) in [4.78, 5) is 4.11. The summed E-state index contributed by atoms with van der Waals surface area (Å²) >= 11 is 0. The molecule has 0 amide bonds. The van der Waals surface area contributed by atoms with Gasteiger partial charge in [-0.2, -0.15) is 0 Å². The molecular formula is C12H16N2O3. The average Bonchev–Trinajstić information content (AvgIpc) is 2.73. The monoisotopic (exact) mass is 236 g/mol. The van der Waals surface area contributed by atoms with Crippen LogP contribution < -0.4 is 5.32 Å². The van der Waals surface area contributed by atoms with E-state index in [4.69, 9.17) is 13.9 Å². The van der Waals surface area contributed by atoms with Crippen LogP contribution >= 0.6 is 0 Å². The lowest BCUT2D eigenvalue weighted by Gasteiger charge is -2.31. The second-order valence-electron chi connectivity index (χ2n) is 3.83. The van der Waals surface area contributed by atoms with Gasteiger partial charge in [-0.25, -0.2) is 4.98 Å². The topological polar surface area (TPSA) is 56.5 Å². The summed E-state index contributed by atoms with van der Waals surface area (Å²) < 4.78 is 16.0. The third kappa shape index (κ3) is 2.95.